The second kappa shape index (κ2) is 5.93. The lowest BCUT2D eigenvalue weighted by Crippen LogP contribution is -2.26. The van der Waals surface area contributed by atoms with Crippen LogP contribution < -0.4 is 5.32 Å². The number of hydrogen-bond acceptors (Lipinski definition) is 3. The number of carbonyl (C=O) groups is 1. The number of halogens is 3. The molecular formula is C14H16F3NO3. The third-order valence-electron chi connectivity index (χ3n) is 3.62. The fourth-order valence-corrected chi connectivity index (χ4v) is 2.38. The van der Waals surface area contributed by atoms with Crippen LogP contribution in [0.15, 0.2) is 18.2 Å². The molecule has 0 spiro atoms. The fourth-order valence-electron chi connectivity index (χ4n) is 2.38. The summed E-state index contributed by atoms with van der Waals surface area (Å²) in [5.41, 5.74) is -1.63. The van der Waals surface area contributed by atoms with Crippen molar-refractivity contribution in [3.63, 3.8) is 0 Å². The Bertz CT molecular complexity index is 525. The highest BCUT2D eigenvalue weighted by molar-refractivity contribution is 5.90. The first kappa shape index (κ1) is 15.6. The minimum atomic E-state index is -4.70. The van der Waals surface area contributed by atoms with Gasteiger partial charge in [-0.15, -0.1) is 0 Å². The van der Waals surface area contributed by atoms with E-state index in [1.807, 2.05) is 6.92 Å². The Balaban J connectivity index is 2.23. The molecule has 2 unspecified atom stereocenters. The lowest BCUT2D eigenvalue weighted by atomic mass is 9.99. The first-order valence-corrected chi connectivity index (χ1v) is 6.58. The molecule has 7 heteroatoms. The molecule has 4 nitrogen and oxygen atoms in total. The van der Waals surface area contributed by atoms with Crippen molar-refractivity contribution in [2.24, 2.45) is 5.92 Å². The standard InChI is InChI=1S/C14H16F3NO3/c1-8(9-4-5-21-7-9)18-10-2-3-11(13(19)20)12(6-10)14(15,16)17/h2-3,6,8-9,18H,4-5,7H2,1H3,(H,19,20). The number of benzene rings is 1. The van der Waals surface area contributed by atoms with E-state index in [0.29, 0.717) is 13.2 Å². The van der Waals surface area contributed by atoms with E-state index >= 15 is 0 Å². The van der Waals surface area contributed by atoms with Gasteiger partial charge in [0.15, 0.2) is 0 Å². The van der Waals surface area contributed by atoms with Crippen LogP contribution in [-0.2, 0) is 10.9 Å². The highest BCUT2D eigenvalue weighted by Crippen LogP contribution is 2.34. The predicted octanol–water partition coefficient (Wildman–Crippen LogP) is 3.24. The lowest BCUT2D eigenvalue weighted by Gasteiger charge is -2.21. The van der Waals surface area contributed by atoms with Crippen molar-refractivity contribution in [3.05, 3.63) is 29.3 Å². The second-order valence-electron chi connectivity index (χ2n) is 5.12. The van der Waals surface area contributed by atoms with Gasteiger partial charge in [0.1, 0.15) is 0 Å². The number of rotatable bonds is 4. The molecule has 1 aromatic carbocycles. The molecular weight excluding hydrogens is 287 g/mol. The van der Waals surface area contributed by atoms with E-state index < -0.39 is 23.3 Å². The lowest BCUT2D eigenvalue weighted by molar-refractivity contribution is -0.138. The van der Waals surface area contributed by atoms with E-state index in [0.717, 1.165) is 18.6 Å². The van der Waals surface area contributed by atoms with Gasteiger partial charge in [0.2, 0.25) is 0 Å². The first-order chi connectivity index (χ1) is 9.79. The zero-order valence-electron chi connectivity index (χ0n) is 11.4. The van der Waals surface area contributed by atoms with E-state index in [9.17, 15) is 18.0 Å². The quantitative estimate of drug-likeness (QED) is 0.896. The molecule has 2 atom stereocenters. The number of aromatic carboxylic acids is 1. The highest BCUT2D eigenvalue weighted by atomic mass is 19.4. The summed E-state index contributed by atoms with van der Waals surface area (Å²) < 4.78 is 44.0. The maximum absolute atomic E-state index is 12.9. The molecule has 1 fully saturated rings. The minimum Gasteiger partial charge on any atom is -0.478 e. The summed E-state index contributed by atoms with van der Waals surface area (Å²) in [4.78, 5) is 10.9. The van der Waals surface area contributed by atoms with E-state index in [2.05, 4.69) is 5.32 Å². The Labute approximate surface area is 119 Å². The van der Waals surface area contributed by atoms with E-state index in [1.165, 1.54) is 6.07 Å². The van der Waals surface area contributed by atoms with Crippen molar-refractivity contribution < 1.29 is 27.8 Å². The van der Waals surface area contributed by atoms with Crippen molar-refractivity contribution in [3.8, 4) is 0 Å². The van der Waals surface area contributed by atoms with Gasteiger partial charge in [-0.2, -0.15) is 13.2 Å². The number of hydrogen-bond donors (Lipinski definition) is 2. The molecule has 1 heterocycles. The predicted molar refractivity (Wildman–Crippen MR) is 70.4 cm³/mol. The molecule has 0 aromatic heterocycles. The summed E-state index contributed by atoms with van der Waals surface area (Å²) in [6.07, 6.45) is -3.85. The summed E-state index contributed by atoms with van der Waals surface area (Å²) in [5, 5.41) is 11.8. The van der Waals surface area contributed by atoms with Gasteiger partial charge in [-0.05, 0) is 31.5 Å². The van der Waals surface area contributed by atoms with Crippen LogP contribution in [0.5, 0.6) is 0 Å². The molecule has 0 bridgehead atoms. The second-order valence-corrected chi connectivity index (χ2v) is 5.12. The smallest absolute Gasteiger partial charge is 0.417 e. The van der Waals surface area contributed by atoms with Gasteiger partial charge in [0.25, 0.3) is 0 Å². The SMILES string of the molecule is CC(Nc1ccc(C(=O)O)c(C(F)(F)F)c1)C1CCOC1. The van der Waals surface area contributed by atoms with E-state index in [4.69, 9.17) is 9.84 Å². The van der Waals surface area contributed by atoms with E-state index in [1.54, 1.807) is 0 Å². The van der Waals surface area contributed by atoms with Crippen molar-refractivity contribution in [1.82, 2.24) is 0 Å². The van der Waals surface area contributed by atoms with Gasteiger partial charge in [0.05, 0.1) is 17.7 Å². The zero-order valence-corrected chi connectivity index (χ0v) is 11.4. The molecule has 1 saturated heterocycles. The molecule has 0 aliphatic carbocycles. The number of nitrogens with one attached hydrogen (secondary N) is 1. The van der Waals surface area contributed by atoms with Crippen molar-refractivity contribution in [1.29, 1.82) is 0 Å². The molecule has 0 amide bonds. The summed E-state index contributed by atoms with van der Waals surface area (Å²) in [7, 11) is 0. The Morgan fingerprint density at radius 2 is 2.19 bits per heavy atom. The highest BCUT2D eigenvalue weighted by Gasteiger charge is 2.35. The van der Waals surface area contributed by atoms with Gasteiger partial charge in [0, 0.05) is 24.3 Å². The number of anilines is 1. The molecule has 116 valence electrons. The zero-order chi connectivity index (χ0) is 15.6. The molecule has 1 aliphatic rings. The first-order valence-electron chi connectivity index (χ1n) is 6.58. The third kappa shape index (κ3) is 3.66. The van der Waals surface area contributed by atoms with Crippen molar-refractivity contribution in [2.45, 2.75) is 25.6 Å². The van der Waals surface area contributed by atoms with Crippen LogP contribution in [0.25, 0.3) is 0 Å². The Hall–Kier alpha value is -1.76. The Morgan fingerprint density at radius 1 is 1.48 bits per heavy atom. The summed E-state index contributed by atoms with van der Waals surface area (Å²) in [5.74, 6) is -1.36. The van der Waals surface area contributed by atoms with Crippen LogP contribution in [0.3, 0.4) is 0 Å². The number of carboxylic acids is 1. The number of ether oxygens (including phenoxy) is 1. The van der Waals surface area contributed by atoms with Gasteiger partial charge >= 0.3 is 12.1 Å². The molecule has 1 aliphatic heterocycles. The van der Waals surface area contributed by atoms with Crippen LogP contribution in [0.1, 0.15) is 29.3 Å². The fraction of sp³-hybridized carbons (Fsp3) is 0.500. The van der Waals surface area contributed by atoms with Gasteiger partial charge in [-0.25, -0.2) is 4.79 Å². The number of alkyl halides is 3. The van der Waals surface area contributed by atoms with Gasteiger partial charge in [-0.1, -0.05) is 0 Å². The molecule has 0 radical (unpaired) electrons. The average Bonchev–Trinajstić information content (AvgIpc) is 2.91. The molecule has 0 saturated carbocycles. The topological polar surface area (TPSA) is 58.6 Å². The monoisotopic (exact) mass is 303 g/mol. The minimum absolute atomic E-state index is 0.0516. The third-order valence-corrected chi connectivity index (χ3v) is 3.62. The maximum atomic E-state index is 12.9. The van der Waals surface area contributed by atoms with Crippen molar-refractivity contribution >= 4 is 11.7 Å². The van der Waals surface area contributed by atoms with Crippen molar-refractivity contribution in [2.75, 3.05) is 18.5 Å². The summed E-state index contributed by atoms with van der Waals surface area (Å²) >= 11 is 0. The van der Waals surface area contributed by atoms with Gasteiger partial charge in [-0.3, -0.25) is 0 Å². The average molecular weight is 303 g/mol. The number of carboxylic acid groups (broad SMARTS) is 1. The van der Waals surface area contributed by atoms with Crippen LogP contribution in [-0.4, -0.2) is 30.3 Å². The molecule has 1 aromatic rings. The summed E-state index contributed by atoms with van der Waals surface area (Å²) in [6.45, 7) is 3.10. The Morgan fingerprint density at radius 3 is 2.71 bits per heavy atom. The largest absolute Gasteiger partial charge is 0.478 e. The molecule has 2 rings (SSSR count). The maximum Gasteiger partial charge on any atom is 0.417 e. The van der Waals surface area contributed by atoms with Crippen LogP contribution >= 0.6 is 0 Å². The van der Waals surface area contributed by atoms with E-state index in [-0.39, 0.29) is 17.6 Å². The van der Waals surface area contributed by atoms with Crippen LogP contribution in [0, 0.1) is 5.92 Å². The summed E-state index contributed by atoms with van der Waals surface area (Å²) in [6, 6.07) is 3.12. The van der Waals surface area contributed by atoms with Crippen LogP contribution in [0.4, 0.5) is 18.9 Å². The van der Waals surface area contributed by atoms with Crippen LogP contribution in [0.2, 0.25) is 0 Å². The Kier molecular flexibility index (Phi) is 4.41. The molecule has 2 N–H and O–H groups in total. The normalized spacial score (nSPS) is 20.3. The molecule has 21 heavy (non-hydrogen) atoms. The van der Waals surface area contributed by atoms with Gasteiger partial charge < -0.3 is 15.2 Å².